The molecular weight excluding hydrogens is 264 g/mol. The first kappa shape index (κ1) is 13.7. The summed E-state index contributed by atoms with van der Waals surface area (Å²) in [5.41, 5.74) is 2.38. The van der Waals surface area contributed by atoms with Crippen LogP contribution in [0.1, 0.15) is 36.8 Å². The van der Waals surface area contributed by atoms with E-state index in [0.717, 1.165) is 29.8 Å². The van der Waals surface area contributed by atoms with Gasteiger partial charge in [0.05, 0.1) is 11.3 Å². The van der Waals surface area contributed by atoms with Crippen LogP contribution >= 0.6 is 0 Å². The topological polar surface area (TPSA) is 64.3 Å². The van der Waals surface area contributed by atoms with Gasteiger partial charge in [0.1, 0.15) is 6.07 Å². The van der Waals surface area contributed by atoms with Crippen molar-refractivity contribution >= 4 is 17.7 Å². The SMILES string of the molecule is N#Cc1cc(/C=C/C(=O)O)ccc1N(CC1CC1)C1CC1. The van der Waals surface area contributed by atoms with Crippen LogP contribution in [-0.2, 0) is 4.79 Å². The van der Waals surface area contributed by atoms with Crippen molar-refractivity contribution in [1.29, 1.82) is 5.26 Å². The first-order valence-electron chi connectivity index (χ1n) is 7.39. The molecule has 0 radical (unpaired) electrons. The summed E-state index contributed by atoms with van der Waals surface area (Å²) in [6.45, 7) is 1.05. The summed E-state index contributed by atoms with van der Waals surface area (Å²) in [6, 6.07) is 8.46. The van der Waals surface area contributed by atoms with E-state index in [1.54, 1.807) is 6.07 Å². The van der Waals surface area contributed by atoms with Gasteiger partial charge in [-0.05, 0) is 55.4 Å². The van der Waals surface area contributed by atoms with Crippen LogP contribution in [0.2, 0.25) is 0 Å². The maximum Gasteiger partial charge on any atom is 0.328 e. The van der Waals surface area contributed by atoms with Crippen LogP contribution in [-0.4, -0.2) is 23.7 Å². The highest BCUT2D eigenvalue weighted by Gasteiger charge is 2.34. The third-order valence-corrected chi connectivity index (χ3v) is 4.01. The number of benzene rings is 1. The fourth-order valence-electron chi connectivity index (χ4n) is 2.57. The van der Waals surface area contributed by atoms with Gasteiger partial charge in [-0.3, -0.25) is 0 Å². The van der Waals surface area contributed by atoms with E-state index < -0.39 is 5.97 Å². The Morgan fingerprint density at radius 1 is 1.38 bits per heavy atom. The predicted octanol–water partition coefficient (Wildman–Crippen LogP) is 3.03. The van der Waals surface area contributed by atoms with Gasteiger partial charge in [0.2, 0.25) is 0 Å². The van der Waals surface area contributed by atoms with Crippen molar-refractivity contribution in [1.82, 2.24) is 0 Å². The van der Waals surface area contributed by atoms with E-state index in [1.165, 1.54) is 31.8 Å². The van der Waals surface area contributed by atoms with Crippen LogP contribution in [0, 0.1) is 17.2 Å². The summed E-state index contributed by atoms with van der Waals surface area (Å²) in [6.07, 6.45) is 7.62. The molecule has 2 saturated carbocycles. The van der Waals surface area contributed by atoms with Gasteiger partial charge < -0.3 is 10.0 Å². The molecule has 0 spiro atoms. The van der Waals surface area contributed by atoms with Crippen molar-refractivity contribution in [3.05, 3.63) is 35.4 Å². The average molecular weight is 282 g/mol. The number of rotatable bonds is 6. The Labute approximate surface area is 124 Å². The molecule has 1 aromatic rings. The summed E-state index contributed by atoms with van der Waals surface area (Å²) >= 11 is 0. The Balaban J connectivity index is 1.86. The predicted molar refractivity (Wildman–Crippen MR) is 80.9 cm³/mol. The molecule has 0 saturated heterocycles. The van der Waals surface area contributed by atoms with Gasteiger partial charge in [0, 0.05) is 18.7 Å². The molecule has 3 rings (SSSR count). The Morgan fingerprint density at radius 2 is 2.14 bits per heavy atom. The van der Waals surface area contributed by atoms with E-state index in [1.807, 2.05) is 12.1 Å². The van der Waals surface area contributed by atoms with E-state index >= 15 is 0 Å². The number of carbonyl (C=O) groups is 1. The Hall–Kier alpha value is -2.28. The van der Waals surface area contributed by atoms with Gasteiger partial charge in [-0.2, -0.15) is 5.26 Å². The number of hydrogen-bond donors (Lipinski definition) is 1. The molecule has 1 aromatic carbocycles. The molecule has 21 heavy (non-hydrogen) atoms. The van der Waals surface area contributed by atoms with Crippen molar-refractivity contribution in [2.24, 2.45) is 5.92 Å². The minimum absolute atomic E-state index is 0.582. The molecule has 1 N–H and O–H groups in total. The second-order valence-electron chi connectivity index (χ2n) is 5.89. The van der Waals surface area contributed by atoms with Crippen molar-refractivity contribution in [2.45, 2.75) is 31.7 Å². The fraction of sp³-hybridized carbons (Fsp3) is 0.412. The van der Waals surface area contributed by atoms with Gasteiger partial charge in [-0.25, -0.2) is 4.79 Å². The Kier molecular flexibility index (Phi) is 3.66. The molecule has 0 aromatic heterocycles. The maximum atomic E-state index is 10.6. The zero-order valence-corrected chi connectivity index (χ0v) is 11.8. The molecular formula is C17H18N2O2. The standard InChI is InChI=1S/C17H18N2O2/c18-10-14-9-12(4-8-17(20)21)3-7-16(14)19(15-5-6-15)11-13-1-2-13/h3-4,7-9,13,15H,1-2,5-6,11H2,(H,20,21)/b8-4+. The van der Waals surface area contributed by atoms with Crippen LogP contribution in [0.25, 0.3) is 6.08 Å². The van der Waals surface area contributed by atoms with E-state index in [-0.39, 0.29) is 0 Å². The number of carboxylic acid groups (broad SMARTS) is 1. The number of anilines is 1. The van der Waals surface area contributed by atoms with Crippen LogP contribution in [0.4, 0.5) is 5.69 Å². The van der Waals surface area contributed by atoms with Crippen molar-refractivity contribution in [3.8, 4) is 6.07 Å². The molecule has 0 bridgehead atoms. The van der Waals surface area contributed by atoms with Gasteiger partial charge >= 0.3 is 5.97 Å². The fourth-order valence-corrected chi connectivity index (χ4v) is 2.57. The normalized spacial score (nSPS) is 17.7. The summed E-state index contributed by atoms with van der Waals surface area (Å²) in [5.74, 6) is -0.199. The molecule has 2 aliphatic carbocycles. The molecule has 0 unspecified atom stereocenters. The number of carboxylic acids is 1. The highest BCUT2D eigenvalue weighted by molar-refractivity contribution is 5.85. The molecule has 0 amide bonds. The quantitative estimate of drug-likeness (QED) is 0.814. The summed E-state index contributed by atoms with van der Waals surface area (Å²) in [4.78, 5) is 12.9. The van der Waals surface area contributed by atoms with Crippen LogP contribution in [0.15, 0.2) is 24.3 Å². The molecule has 4 nitrogen and oxygen atoms in total. The highest BCUT2D eigenvalue weighted by atomic mass is 16.4. The molecule has 2 fully saturated rings. The van der Waals surface area contributed by atoms with Crippen molar-refractivity contribution in [3.63, 3.8) is 0 Å². The average Bonchev–Trinajstić information content (AvgIpc) is 3.35. The lowest BCUT2D eigenvalue weighted by atomic mass is 10.1. The number of nitriles is 1. The first-order chi connectivity index (χ1) is 10.2. The summed E-state index contributed by atoms with van der Waals surface area (Å²) in [5, 5.41) is 18.1. The number of hydrogen-bond acceptors (Lipinski definition) is 3. The van der Waals surface area contributed by atoms with E-state index in [2.05, 4.69) is 11.0 Å². The minimum atomic E-state index is -0.981. The van der Waals surface area contributed by atoms with Gasteiger partial charge in [0.25, 0.3) is 0 Å². The smallest absolute Gasteiger partial charge is 0.328 e. The molecule has 108 valence electrons. The second kappa shape index (κ2) is 5.61. The Morgan fingerprint density at radius 3 is 2.71 bits per heavy atom. The Bertz CT molecular complexity index is 622. The third-order valence-electron chi connectivity index (χ3n) is 4.01. The molecule has 0 aliphatic heterocycles. The zero-order chi connectivity index (χ0) is 14.8. The number of aliphatic carboxylic acids is 1. The van der Waals surface area contributed by atoms with E-state index in [4.69, 9.17) is 5.11 Å². The van der Waals surface area contributed by atoms with Crippen molar-refractivity contribution in [2.75, 3.05) is 11.4 Å². The van der Waals surface area contributed by atoms with Gasteiger partial charge in [-0.1, -0.05) is 6.07 Å². The lowest BCUT2D eigenvalue weighted by Gasteiger charge is -2.26. The van der Waals surface area contributed by atoms with Crippen molar-refractivity contribution < 1.29 is 9.90 Å². The van der Waals surface area contributed by atoms with Crippen LogP contribution < -0.4 is 4.90 Å². The van der Waals surface area contributed by atoms with Gasteiger partial charge in [0.15, 0.2) is 0 Å². The lowest BCUT2D eigenvalue weighted by molar-refractivity contribution is -0.131. The largest absolute Gasteiger partial charge is 0.478 e. The number of nitrogens with zero attached hydrogens (tertiary/aromatic N) is 2. The minimum Gasteiger partial charge on any atom is -0.478 e. The summed E-state index contributed by atoms with van der Waals surface area (Å²) < 4.78 is 0. The summed E-state index contributed by atoms with van der Waals surface area (Å²) in [7, 11) is 0. The molecule has 0 atom stereocenters. The second-order valence-corrected chi connectivity index (χ2v) is 5.89. The van der Waals surface area contributed by atoms with E-state index in [9.17, 15) is 10.1 Å². The monoisotopic (exact) mass is 282 g/mol. The van der Waals surface area contributed by atoms with Crippen LogP contribution in [0.5, 0.6) is 0 Å². The zero-order valence-electron chi connectivity index (χ0n) is 11.8. The van der Waals surface area contributed by atoms with E-state index in [0.29, 0.717) is 11.6 Å². The highest BCUT2D eigenvalue weighted by Crippen LogP contribution is 2.39. The maximum absolute atomic E-state index is 10.6. The molecule has 4 heteroatoms. The van der Waals surface area contributed by atoms with Gasteiger partial charge in [-0.15, -0.1) is 0 Å². The lowest BCUT2D eigenvalue weighted by Crippen LogP contribution is -2.28. The third kappa shape index (κ3) is 3.43. The molecule has 2 aliphatic rings. The molecule has 0 heterocycles. The van der Waals surface area contributed by atoms with Crippen LogP contribution in [0.3, 0.4) is 0 Å². The first-order valence-corrected chi connectivity index (χ1v) is 7.39.